The van der Waals surface area contributed by atoms with Gasteiger partial charge in [-0.1, -0.05) is 12.1 Å². The second kappa shape index (κ2) is 8.50. The van der Waals surface area contributed by atoms with Gasteiger partial charge < -0.3 is 19.9 Å². The molecule has 0 saturated carbocycles. The fourth-order valence-electron chi connectivity index (χ4n) is 1.56. The Kier molecular flexibility index (Phi) is 6.92. The van der Waals surface area contributed by atoms with Crippen LogP contribution >= 0.6 is 0 Å². The van der Waals surface area contributed by atoms with Gasteiger partial charge in [-0.05, 0) is 25.0 Å². The predicted molar refractivity (Wildman–Crippen MR) is 72.5 cm³/mol. The molecule has 0 spiro atoms. The average molecular weight is 267 g/mol. The van der Waals surface area contributed by atoms with Crippen LogP contribution in [0.2, 0.25) is 0 Å². The standard InChI is InChI=1S/C14H21NO4/c1-11-5-3-6-12(13(11)16)14(17)15-7-4-8-19-10-9-18-2/h3,5-6,16H,4,7-10H2,1-2H3,(H,15,17). The molecule has 0 radical (unpaired) electrons. The molecule has 0 aliphatic carbocycles. The number of hydrogen-bond donors (Lipinski definition) is 2. The molecule has 1 aromatic rings. The number of para-hydroxylation sites is 1. The van der Waals surface area contributed by atoms with Crippen molar-refractivity contribution in [3.63, 3.8) is 0 Å². The number of aryl methyl sites for hydroxylation is 1. The Labute approximate surface area is 113 Å². The van der Waals surface area contributed by atoms with Gasteiger partial charge in [-0.25, -0.2) is 0 Å². The maximum absolute atomic E-state index is 11.8. The monoisotopic (exact) mass is 267 g/mol. The third-order valence-electron chi connectivity index (χ3n) is 2.67. The lowest BCUT2D eigenvalue weighted by atomic mass is 10.1. The molecule has 0 heterocycles. The van der Waals surface area contributed by atoms with Gasteiger partial charge in [-0.2, -0.15) is 0 Å². The van der Waals surface area contributed by atoms with Crippen molar-refractivity contribution in [2.45, 2.75) is 13.3 Å². The molecule has 0 fully saturated rings. The molecule has 0 unspecified atom stereocenters. The van der Waals surface area contributed by atoms with E-state index in [0.29, 0.717) is 37.5 Å². The number of carbonyl (C=O) groups is 1. The number of aromatic hydroxyl groups is 1. The lowest BCUT2D eigenvalue weighted by molar-refractivity contribution is 0.0688. The number of phenols is 1. The smallest absolute Gasteiger partial charge is 0.255 e. The highest BCUT2D eigenvalue weighted by Crippen LogP contribution is 2.20. The van der Waals surface area contributed by atoms with Crippen molar-refractivity contribution in [2.75, 3.05) is 33.5 Å². The second-order valence-electron chi connectivity index (χ2n) is 4.19. The number of phenolic OH excluding ortho intramolecular Hbond substituents is 1. The zero-order chi connectivity index (χ0) is 14.1. The van der Waals surface area contributed by atoms with Crippen molar-refractivity contribution in [3.8, 4) is 5.75 Å². The largest absolute Gasteiger partial charge is 0.507 e. The zero-order valence-electron chi connectivity index (χ0n) is 11.4. The van der Waals surface area contributed by atoms with Crippen molar-refractivity contribution < 1.29 is 19.4 Å². The number of amides is 1. The molecule has 0 atom stereocenters. The third kappa shape index (κ3) is 5.28. The average Bonchev–Trinajstić information content (AvgIpc) is 2.40. The van der Waals surface area contributed by atoms with E-state index in [1.54, 1.807) is 32.2 Å². The Morgan fingerprint density at radius 1 is 1.32 bits per heavy atom. The number of hydrogen-bond acceptors (Lipinski definition) is 4. The highest BCUT2D eigenvalue weighted by molar-refractivity contribution is 5.97. The molecule has 106 valence electrons. The molecule has 1 amide bonds. The van der Waals surface area contributed by atoms with Gasteiger partial charge in [-0.15, -0.1) is 0 Å². The van der Waals surface area contributed by atoms with Crippen molar-refractivity contribution >= 4 is 5.91 Å². The molecule has 1 aromatic carbocycles. The number of rotatable bonds is 8. The van der Waals surface area contributed by atoms with Crippen molar-refractivity contribution in [3.05, 3.63) is 29.3 Å². The molecule has 0 aromatic heterocycles. The molecule has 0 aliphatic rings. The number of carbonyl (C=O) groups excluding carboxylic acids is 1. The summed E-state index contributed by atoms with van der Waals surface area (Å²) < 4.78 is 10.1. The zero-order valence-corrected chi connectivity index (χ0v) is 11.4. The first-order valence-corrected chi connectivity index (χ1v) is 6.30. The van der Waals surface area contributed by atoms with E-state index < -0.39 is 0 Å². The highest BCUT2D eigenvalue weighted by Gasteiger charge is 2.11. The van der Waals surface area contributed by atoms with E-state index in [0.717, 1.165) is 6.42 Å². The van der Waals surface area contributed by atoms with Gasteiger partial charge in [0.25, 0.3) is 5.91 Å². The number of ether oxygens (including phenoxy) is 2. The third-order valence-corrected chi connectivity index (χ3v) is 2.67. The molecule has 0 aliphatic heterocycles. The lowest BCUT2D eigenvalue weighted by Crippen LogP contribution is -2.25. The second-order valence-corrected chi connectivity index (χ2v) is 4.19. The van der Waals surface area contributed by atoms with Gasteiger partial charge in [-0.3, -0.25) is 4.79 Å². The van der Waals surface area contributed by atoms with E-state index in [1.807, 2.05) is 0 Å². The Morgan fingerprint density at radius 2 is 2.11 bits per heavy atom. The quantitative estimate of drug-likeness (QED) is 0.700. The molecule has 2 N–H and O–H groups in total. The summed E-state index contributed by atoms with van der Waals surface area (Å²) in [6, 6.07) is 5.11. The summed E-state index contributed by atoms with van der Waals surface area (Å²) in [6.45, 7) is 3.98. The summed E-state index contributed by atoms with van der Waals surface area (Å²) in [6.07, 6.45) is 0.724. The van der Waals surface area contributed by atoms with Crippen LogP contribution in [0.3, 0.4) is 0 Å². The molecular formula is C14H21NO4. The fraction of sp³-hybridized carbons (Fsp3) is 0.500. The summed E-state index contributed by atoms with van der Waals surface area (Å²) in [5.41, 5.74) is 0.996. The van der Waals surface area contributed by atoms with Gasteiger partial charge >= 0.3 is 0 Å². The number of methoxy groups -OCH3 is 1. The van der Waals surface area contributed by atoms with Gasteiger partial charge in [0.2, 0.25) is 0 Å². The summed E-state index contributed by atoms with van der Waals surface area (Å²) in [5.74, 6) is -0.227. The van der Waals surface area contributed by atoms with Crippen LogP contribution in [0.15, 0.2) is 18.2 Å². The van der Waals surface area contributed by atoms with E-state index >= 15 is 0 Å². The minimum atomic E-state index is -0.266. The van der Waals surface area contributed by atoms with Crippen molar-refractivity contribution in [1.82, 2.24) is 5.32 Å². The van der Waals surface area contributed by atoms with Crippen LogP contribution in [0.1, 0.15) is 22.3 Å². The fourth-order valence-corrected chi connectivity index (χ4v) is 1.56. The van der Waals surface area contributed by atoms with Crippen LogP contribution in [0, 0.1) is 6.92 Å². The summed E-state index contributed by atoms with van der Waals surface area (Å²) in [5, 5.41) is 12.5. The summed E-state index contributed by atoms with van der Waals surface area (Å²) in [4.78, 5) is 11.8. The molecule has 0 bridgehead atoms. The predicted octanol–water partition coefficient (Wildman–Crippen LogP) is 1.48. The topological polar surface area (TPSA) is 67.8 Å². The first kappa shape index (κ1) is 15.5. The Bertz CT molecular complexity index is 406. The van der Waals surface area contributed by atoms with Gasteiger partial charge in [0.05, 0.1) is 18.8 Å². The summed E-state index contributed by atoms with van der Waals surface area (Å²) in [7, 11) is 1.62. The van der Waals surface area contributed by atoms with Crippen LogP contribution in [0.25, 0.3) is 0 Å². The van der Waals surface area contributed by atoms with Crippen LogP contribution in [-0.4, -0.2) is 44.5 Å². The van der Waals surface area contributed by atoms with Gasteiger partial charge in [0.1, 0.15) is 5.75 Å². The molecule has 1 rings (SSSR count). The van der Waals surface area contributed by atoms with E-state index in [-0.39, 0.29) is 11.7 Å². The maximum Gasteiger partial charge on any atom is 0.255 e. The van der Waals surface area contributed by atoms with Crippen molar-refractivity contribution in [1.29, 1.82) is 0 Å². The molecular weight excluding hydrogens is 246 g/mol. The minimum absolute atomic E-state index is 0.0383. The first-order chi connectivity index (χ1) is 9.16. The maximum atomic E-state index is 11.8. The molecule has 19 heavy (non-hydrogen) atoms. The SMILES string of the molecule is COCCOCCCNC(=O)c1cccc(C)c1O. The normalized spacial score (nSPS) is 10.4. The Balaban J connectivity index is 2.26. The van der Waals surface area contributed by atoms with E-state index in [4.69, 9.17) is 9.47 Å². The van der Waals surface area contributed by atoms with E-state index in [1.165, 1.54) is 0 Å². The molecule has 0 saturated heterocycles. The van der Waals surface area contributed by atoms with Gasteiger partial charge in [0, 0.05) is 20.3 Å². The van der Waals surface area contributed by atoms with Crippen LogP contribution < -0.4 is 5.32 Å². The number of nitrogens with one attached hydrogen (secondary N) is 1. The van der Waals surface area contributed by atoms with E-state index in [2.05, 4.69) is 5.32 Å². The Morgan fingerprint density at radius 3 is 2.84 bits per heavy atom. The lowest BCUT2D eigenvalue weighted by Gasteiger charge is -2.08. The Hall–Kier alpha value is -1.59. The highest BCUT2D eigenvalue weighted by atomic mass is 16.5. The van der Waals surface area contributed by atoms with Crippen LogP contribution in [-0.2, 0) is 9.47 Å². The van der Waals surface area contributed by atoms with E-state index in [9.17, 15) is 9.90 Å². The minimum Gasteiger partial charge on any atom is -0.507 e. The molecule has 5 nitrogen and oxygen atoms in total. The van der Waals surface area contributed by atoms with Crippen LogP contribution in [0.4, 0.5) is 0 Å². The summed E-state index contributed by atoms with van der Waals surface area (Å²) >= 11 is 0. The van der Waals surface area contributed by atoms with Gasteiger partial charge in [0.15, 0.2) is 0 Å². The van der Waals surface area contributed by atoms with Crippen molar-refractivity contribution in [2.24, 2.45) is 0 Å². The van der Waals surface area contributed by atoms with Crippen LogP contribution in [0.5, 0.6) is 5.75 Å². The molecule has 5 heteroatoms. The first-order valence-electron chi connectivity index (χ1n) is 6.30. The number of benzene rings is 1.